The molecule has 0 aromatic rings. The van der Waals surface area contributed by atoms with E-state index in [1.807, 2.05) is 13.1 Å². The third-order valence-corrected chi connectivity index (χ3v) is 2.13. The third kappa shape index (κ3) is 1.84. The van der Waals surface area contributed by atoms with Crippen LogP contribution in [0.5, 0.6) is 0 Å². The number of allylic oxidation sites excluding steroid dienone is 1. The number of rotatable bonds is 2. The number of carbonyl (C=O) groups is 1. The first-order chi connectivity index (χ1) is 5.79. The highest BCUT2D eigenvalue weighted by atomic mass is 16.7. The Kier molecular flexibility index (Phi) is 3.25. The first kappa shape index (κ1) is 9.22. The van der Waals surface area contributed by atoms with Crippen LogP contribution in [-0.2, 0) is 9.63 Å². The maximum absolute atomic E-state index is 11.1. The first-order valence-electron chi connectivity index (χ1n) is 4.08. The van der Waals surface area contributed by atoms with E-state index >= 15 is 0 Å². The van der Waals surface area contributed by atoms with Gasteiger partial charge >= 0.3 is 5.97 Å². The van der Waals surface area contributed by atoms with Crippen LogP contribution >= 0.6 is 0 Å². The lowest BCUT2D eigenvalue weighted by Gasteiger charge is -2.21. The summed E-state index contributed by atoms with van der Waals surface area (Å²) >= 11 is 0. The predicted molar refractivity (Wildman–Crippen MR) is 45.1 cm³/mol. The van der Waals surface area contributed by atoms with Crippen molar-refractivity contribution >= 4 is 5.97 Å². The lowest BCUT2D eigenvalue weighted by Crippen LogP contribution is -2.34. The molecular formula is C8H14N2O2. The van der Waals surface area contributed by atoms with Gasteiger partial charge in [-0.1, -0.05) is 6.08 Å². The van der Waals surface area contributed by atoms with Crippen molar-refractivity contribution in [3.05, 3.63) is 11.6 Å². The first-order valence-corrected chi connectivity index (χ1v) is 4.08. The molecule has 4 nitrogen and oxygen atoms in total. The second-order valence-electron chi connectivity index (χ2n) is 2.84. The molecule has 0 saturated heterocycles. The molecule has 1 aliphatic carbocycles. The Hall–Kier alpha value is -0.870. The minimum Gasteiger partial charge on any atom is -0.370 e. The van der Waals surface area contributed by atoms with Gasteiger partial charge in [0.15, 0.2) is 0 Å². The van der Waals surface area contributed by atoms with Gasteiger partial charge in [-0.05, 0) is 26.3 Å². The monoisotopic (exact) mass is 170 g/mol. The Bertz CT molecular complexity index is 201. The normalized spacial score (nSPS) is 23.2. The lowest BCUT2D eigenvalue weighted by molar-refractivity contribution is -0.140. The van der Waals surface area contributed by atoms with Crippen LogP contribution in [0.4, 0.5) is 0 Å². The molecule has 12 heavy (non-hydrogen) atoms. The van der Waals surface area contributed by atoms with Crippen LogP contribution in [-0.4, -0.2) is 19.1 Å². The molecule has 0 radical (unpaired) electrons. The zero-order valence-corrected chi connectivity index (χ0v) is 7.17. The minimum absolute atomic E-state index is 0.106. The van der Waals surface area contributed by atoms with Crippen molar-refractivity contribution in [3.63, 3.8) is 0 Å². The second kappa shape index (κ2) is 4.23. The summed E-state index contributed by atoms with van der Waals surface area (Å²) in [7, 11) is 1.83. The number of nitrogens with two attached hydrogens (primary N) is 1. The SMILES string of the molecule is CNC1CCCC=C1C(=O)ON. The molecular weight excluding hydrogens is 156 g/mol. The summed E-state index contributed by atoms with van der Waals surface area (Å²) in [5.41, 5.74) is 0.659. The van der Waals surface area contributed by atoms with E-state index in [-0.39, 0.29) is 6.04 Å². The summed E-state index contributed by atoms with van der Waals surface area (Å²) in [6.45, 7) is 0. The van der Waals surface area contributed by atoms with E-state index in [1.165, 1.54) is 0 Å². The summed E-state index contributed by atoms with van der Waals surface area (Å²) < 4.78 is 0. The van der Waals surface area contributed by atoms with Gasteiger partial charge in [0, 0.05) is 6.04 Å². The van der Waals surface area contributed by atoms with Crippen LogP contribution < -0.4 is 11.2 Å². The molecule has 1 aliphatic rings. The van der Waals surface area contributed by atoms with Gasteiger partial charge in [-0.3, -0.25) is 0 Å². The quantitative estimate of drug-likeness (QED) is 0.577. The zero-order chi connectivity index (χ0) is 8.97. The molecule has 1 rings (SSSR count). The van der Waals surface area contributed by atoms with Crippen LogP contribution in [0.3, 0.4) is 0 Å². The fraction of sp³-hybridized carbons (Fsp3) is 0.625. The van der Waals surface area contributed by atoms with Gasteiger partial charge in [0.2, 0.25) is 0 Å². The van der Waals surface area contributed by atoms with Gasteiger partial charge < -0.3 is 10.2 Å². The van der Waals surface area contributed by atoms with E-state index in [2.05, 4.69) is 10.2 Å². The Morgan fingerprint density at radius 2 is 2.58 bits per heavy atom. The van der Waals surface area contributed by atoms with Crippen molar-refractivity contribution in [3.8, 4) is 0 Å². The lowest BCUT2D eigenvalue weighted by atomic mass is 9.94. The molecule has 0 saturated carbocycles. The van der Waals surface area contributed by atoms with E-state index in [9.17, 15) is 4.79 Å². The number of carbonyl (C=O) groups excluding carboxylic acids is 1. The molecule has 4 heteroatoms. The average molecular weight is 170 g/mol. The smallest absolute Gasteiger partial charge is 0.353 e. The highest BCUT2D eigenvalue weighted by Gasteiger charge is 2.22. The number of likely N-dealkylation sites (N-methyl/N-ethyl adjacent to an activating group) is 1. The van der Waals surface area contributed by atoms with Crippen molar-refractivity contribution in [2.24, 2.45) is 5.90 Å². The van der Waals surface area contributed by atoms with Gasteiger partial charge in [-0.15, -0.1) is 0 Å². The van der Waals surface area contributed by atoms with E-state index in [0.29, 0.717) is 5.57 Å². The molecule has 1 atom stereocenters. The molecule has 0 fully saturated rings. The highest BCUT2D eigenvalue weighted by Crippen LogP contribution is 2.18. The molecule has 0 amide bonds. The molecule has 0 heterocycles. The Balaban J connectivity index is 2.70. The van der Waals surface area contributed by atoms with Gasteiger partial charge in [-0.25, -0.2) is 4.79 Å². The Morgan fingerprint density at radius 1 is 1.83 bits per heavy atom. The third-order valence-electron chi connectivity index (χ3n) is 2.13. The fourth-order valence-corrected chi connectivity index (χ4v) is 1.47. The van der Waals surface area contributed by atoms with E-state index < -0.39 is 5.97 Å². The van der Waals surface area contributed by atoms with Crippen molar-refractivity contribution in [2.45, 2.75) is 25.3 Å². The van der Waals surface area contributed by atoms with Crippen molar-refractivity contribution in [1.82, 2.24) is 5.32 Å². The molecule has 1 unspecified atom stereocenters. The van der Waals surface area contributed by atoms with Gasteiger partial charge in [0.1, 0.15) is 0 Å². The Morgan fingerprint density at radius 3 is 3.17 bits per heavy atom. The van der Waals surface area contributed by atoms with E-state index in [0.717, 1.165) is 19.3 Å². The second-order valence-corrected chi connectivity index (χ2v) is 2.84. The molecule has 0 aromatic carbocycles. The summed E-state index contributed by atoms with van der Waals surface area (Å²) in [5, 5.41) is 3.04. The van der Waals surface area contributed by atoms with Crippen molar-refractivity contribution < 1.29 is 9.63 Å². The molecule has 68 valence electrons. The van der Waals surface area contributed by atoms with Crippen LogP contribution in [0.25, 0.3) is 0 Å². The predicted octanol–water partition coefficient (Wildman–Crippen LogP) is 0.102. The number of hydrogen-bond donors (Lipinski definition) is 2. The molecule has 0 aliphatic heterocycles. The standard InChI is InChI=1S/C8H14N2O2/c1-10-7-5-3-2-4-6(7)8(11)12-9/h4,7,10H,2-3,5,9H2,1H3. The molecule has 0 aromatic heterocycles. The zero-order valence-electron chi connectivity index (χ0n) is 7.17. The topological polar surface area (TPSA) is 64.3 Å². The van der Waals surface area contributed by atoms with Gasteiger partial charge in [-0.2, -0.15) is 5.90 Å². The molecule has 0 bridgehead atoms. The number of hydrogen-bond acceptors (Lipinski definition) is 4. The van der Waals surface area contributed by atoms with E-state index in [1.54, 1.807) is 0 Å². The summed E-state index contributed by atoms with van der Waals surface area (Å²) in [5.74, 6) is 4.38. The number of nitrogens with one attached hydrogen (secondary N) is 1. The average Bonchev–Trinajstić information content (AvgIpc) is 2.16. The van der Waals surface area contributed by atoms with Crippen LogP contribution in [0, 0.1) is 0 Å². The van der Waals surface area contributed by atoms with Crippen molar-refractivity contribution in [2.75, 3.05) is 7.05 Å². The summed E-state index contributed by atoms with van der Waals surface area (Å²) in [4.78, 5) is 15.3. The molecule has 0 spiro atoms. The molecule has 3 N–H and O–H groups in total. The highest BCUT2D eigenvalue weighted by molar-refractivity contribution is 5.89. The van der Waals surface area contributed by atoms with Crippen LogP contribution in [0.1, 0.15) is 19.3 Å². The van der Waals surface area contributed by atoms with E-state index in [4.69, 9.17) is 5.90 Å². The summed E-state index contributed by atoms with van der Waals surface area (Å²) in [6, 6.07) is 0.106. The van der Waals surface area contributed by atoms with Crippen LogP contribution in [0.15, 0.2) is 11.6 Å². The maximum atomic E-state index is 11.1. The van der Waals surface area contributed by atoms with Gasteiger partial charge in [0.05, 0.1) is 5.57 Å². The van der Waals surface area contributed by atoms with Crippen LogP contribution in [0.2, 0.25) is 0 Å². The fourth-order valence-electron chi connectivity index (χ4n) is 1.47. The van der Waals surface area contributed by atoms with Crippen molar-refractivity contribution in [1.29, 1.82) is 0 Å². The van der Waals surface area contributed by atoms with Gasteiger partial charge in [0.25, 0.3) is 0 Å². The maximum Gasteiger partial charge on any atom is 0.353 e. The summed E-state index contributed by atoms with van der Waals surface area (Å²) in [6.07, 6.45) is 4.90. The minimum atomic E-state index is -0.422. The Labute approximate surface area is 71.7 Å². The largest absolute Gasteiger partial charge is 0.370 e.